The van der Waals surface area contributed by atoms with Crippen LogP contribution in [0.5, 0.6) is 0 Å². The molecular formula is C12H20NO4-. The standard InChI is InChI=1S/C12H21NO4/c1-12(2,3)17-11(16)13(8-7-10(14)15)9-5-4-6-9/h9H,4-8H2,1-3H3,(H,14,15)/p-1. The van der Waals surface area contributed by atoms with Gasteiger partial charge in [0.05, 0.1) is 0 Å². The highest BCUT2D eigenvalue weighted by Crippen LogP contribution is 2.26. The molecule has 5 heteroatoms. The van der Waals surface area contributed by atoms with Crippen LogP contribution in [0.15, 0.2) is 0 Å². The van der Waals surface area contributed by atoms with Gasteiger partial charge in [-0.2, -0.15) is 0 Å². The molecule has 1 aliphatic rings. The van der Waals surface area contributed by atoms with Crippen molar-refractivity contribution in [3.63, 3.8) is 0 Å². The largest absolute Gasteiger partial charge is 0.550 e. The quantitative estimate of drug-likeness (QED) is 0.735. The van der Waals surface area contributed by atoms with Gasteiger partial charge in [-0.1, -0.05) is 0 Å². The smallest absolute Gasteiger partial charge is 0.410 e. The first-order valence-corrected chi connectivity index (χ1v) is 5.99. The lowest BCUT2D eigenvalue weighted by atomic mass is 9.91. The van der Waals surface area contributed by atoms with Crippen molar-refractivity contribution in [1.82, 2.24) is 4.90 Å². The zero-order valence-corrected chi connectivity index (χ0v) is 10.7. The Labute approximate surface area is 102 Å². The second-order valence-corrected chi connectivity index (χ2v) is 5.38. The van der Waals surface area contributed by atoms with Gasteiger partial charge in [-0.15, -0.1) is 0 Å². The van der Waals surface area contributed by atoms with Crippen LogP contribution in [0.3, 0.4) is 0 Å². The van der Waals surface area contributed by atoms with E-state index in [4.69, 9.17) is 4.74 Å². The van der Waals surface area contributed by atoms with Crippen LogP contribution < -0.4 is 5.11 Å². The van der Waals surface area contributed by atoms with Gasteiger partial charge in [0.2, 0.25) is 0 Å². The summed E-state index contributed by atoms with van der Waals surface area (Å²) >= 11 is 0. The fourth-order valence-corrected chi connectivity index (χ4v) is 1.65. The topological polar surface area (TPSA) is 69.7 Å². The van der Waals surface area contributed by atoms with Gasteiger partial charge >= 0.3 is 6.09 Å². The number of hydrogen-bond acceptors (Lipinski definition) is 4. The third kappa shape index (κ3) is 4.63. The maximum atomic E-state index is 11.9. The number of hydrogen-bond donors (Lipinski definition) is 0. The molecule has 0 saturated heterocycles. The fourth-order valence-electron chi connectivity index (χ4n) is 1.65. The van der Waals surface area contributed by atoms with E-state index in [1.54, 1.807) is 20.8 Å². The van der Waals surface area contributed by atoms with Gasteiger partial charge < -0.3 is 19.5 Å². The van der Waals surface area contributed by atoms with Crippen molar-refractivity contribution in [2.45, 2.75) is 58.1 Å². The van der Waals surface area contributed by atoms with E-state index in [1.165, 1.54) is 4.90 Å². The van der Waals surface area contributed by atoms with Gasteiger partial charge in [-0.05, 0) is 40.0 Å². The molecule has 5 nitrogen and oxygen atoms in total. The molecule has 1 amide bonds. The highest BCUT2D eigenvalue weighted by atomic mass is 16.6. The Morgan fingerprint density at radius 3 is 2.29 bits per heavy atom. The lowest BCUT2D eigenvalue weighted by Gasteiger charge is -2.38. The van der Waals surface area contributed by atoms with E-state index in [2.05, 4.69) is 0 Å². The fraction of sp³-hybridized carbons (Fsp3) is 0.833. The average molecular weight is 242 g/mol. The molecule has 0 aromatic carbocycles. The van der Waals surface area contributed by atoms with Crippen molar-refractivity contribution in [1.29, 1.82) is 0 Å². The van der Waals surface area contributed by atoms with E-state index in [9.17, 15) is 14.7 Å². The Bertz CT molecular complexity index is 291. The Kier molecular flexibility index (Phi) is 4.37. The van der Waals surface area contributed by atoms with E-state index >= 15 is 0 Å². The van der Waals surface area contributed by atoms with Crippen LogP contribution in [0.4, 0.5) is 4.79 Å². The van der Waals surface area contributed by atoms with Gasteiger partial charge in [0, 0.05) is 25.0 Å². The number of amides is 1. The Balaban J connectivity index is 2.55. The number of aliphatic carboxylic acids is 1. The molecule has 0 bridgehead atoms. The second kappa shape index (κ2) is 5.38. The number of carbonyl (C=O) groups excluding carboxylic acids is 2. The molecule has 0 aliphatic heterocycles. The van der Waals surface area contributed by atoms with Gasteiger partial charge in [-0.3, -0.25) is 0 Å². The molecule has 1 rings (SSSR count). The third-order valence-electron chi connectivity index (χ3n) is 2.70. The number of ether oxygens (including phenoxy) is 1. The van der Waals surface area contributed by atoms with Crippen LogP contribution >= 0.6 is 0 Å². The van der Waals surface area contributed by atoms with Crippen LogP contribution in [0, 0.1) is 0 Å². The predicted octanol–water partition coefficient (Wildman–Crippen LogP) is 0.916. The number of carboxylic acid groups (broad SMARTS) is 1. The van der Waals surface area contributed by atoms with E-state index < -0.39 is 17.7 Å². The molecule has 0 spiro atoms. The lowest BCUT2D eigenvalue weighted by Crippen LogP contribution is -2.47. The normalized spacial score (nSPS) is 16.2. The number of carboxylic acids is 1. The maximum Gasteiger partial charge on any atom is 0.410 e. The molecular weight excluding hydrogens is 222 g/mol. The van der Waals surface area contributed by atoms with Crippen molar-refractivity contribution >= 4 is 12.1 Å². The first-order valence-electron chi connectivity index (χ1n) is 5.99. The molecule has 0 aromatic rings. The first kappa shape index (κ1) is 13.8. The van der Waals surface area contributed by atoms with Crippen molar-refractivity contribution in [2.75, 3.05) is 6.54 Å². The van der Waals surface area contributed by atoms with Gasteiger partial charge in [0.25, 0.3) is 0 Å². The van der Waals surface area contributed by atoms with E-state index in [0.29, 0.717) is 0 Å². The summed E-state index contributed by atoms with van der Waals surface area (Å²) in [4.78, 5) is 23.9. The molecule has 0 N–H and O–H groups in total. The minimum absolute atomic E-state index is 0.129. The van der Waals surface area contributed by atoms with E-state index in [0.717, 1.165) is 19.3 Å². The summed E-state index contributed by atoms with van der Waals surface area (Å²) in [6.07, 6.45) is 2.35. The molecule has 0 unspecified atom stereocenters. The van der Waals surface area contributed by atoms with Crippen LogP contribution in [-0.4, -0.2) is 35.2 Å². The van der Waals surface area contributed by atoms with Gasteiger partial charge in [0.1, 0.15) is 5.60 Å². The number of carbonyl (C=O) groups is 2. The minimum Gasteiger partial charge on any atom is -0.550 e. The SMILES string of the molecule is CC(C)(C)OC(=O)N(CCC(=O)[O-])C1CCC1. The molecule has 0 aromatic heterocycles. The van der Waals surface area contributed by atoms with Crippen molar-refractivity contribution < 1.29 is 19.4 Å². The zero-order chi connectivity index (χ0) is 13.1. The number of nitrogens with zero attached hydrogens (tertiary/aromatic N) is 1. The summed E-state index contributed by atoms with van der Waals surface area (Å²) in [7, 11) is 0. The first-order chi connectivity index (χ1) is 7.79. The Hall–Kier alpha value is -1.26. The minimum atomic E-state index is -1.14. The van der Waals surface area contributed by atoms with Crippen LogP contribution in [0.2, 0.25) is 0 Å². The average Bonchev–Trinajstić information content (AvgIpc) is 2.04. The van der Waals surface area contributed by atoms with Crippen molar-refractivity contribution in [3.05, 3.63) is 0 Å². The molecule has 1 fully saturated rings. The monoisotopic (exact) mass is 242 g/mol. The maximum absolute atomic E-state index is 11.9. The second-order valence-electron chi connectivity index (χ2n) is 5.38. The highest BCUT2D eigenvalue weighted by Gasteiger charge is 2.31. The van der Waals surface area contributed by atoms with Gasteiger partial charge in [0.15, 0.2) is 0 Å². The van der Waals surface area contributed by atoms with Crippen molar-refractivity contribution in [3.8, 4) is 0 Å². The van der Waals surface area contributed by atoms with E-state index in [1.807, 2.05) is 0 Å². The summed E-state index contributed by atoms with van der Waals surface area (Å²) in [5.41, 5.74) is -0.555. The molecule has 0 heterocycles. The molecule has 1 saturated carbocycles. The van der Waals surface area contributed by atoms with Crippen LogP contribution in [-0.2, 0) is 9.53 Å². The number of rotatable bonds is 4. The molecule has 98 valence electrons. The summed E-state index contributed by atoms with van der Waals surface area (Å²) in [5.74, 6) is -1.14. The molecule has 17 heavy (non-hydrogen) atoms. The summed E-state index contributed by atoms with van der Waals surface area (Å²) < 4.78 is 5.26. The summed E-state index contributed by atoms with van der Waals surface area (Å²) in [6, 6.07) is 0.129. The highest BCUT2D eigenvalue weighted by molar-refractivity contribution is 5.70. The molecule has 0 radical (unpaired) electrons. The molecule has 0 atom stereocenters. The third-order valence-corrected chi connectivity index (χ3v) is 2.70. The Morgan fingerprint density at radius 1 is 1.35 bits per heavy atom. The molecule has 1 aliphatic carbocycles. The van der Waals surface area contributed by atoms with Crippen LogP contribution in [0.1, 0.15) is 46.5 Å². The summed E-state index contributed by atoms with van der Waals surface area (Å²) in [5, 5.41) is 10.5. The zero-order valence-electron chi connectivity index (χ0n) is 10.7. The van der Waals surface area contributed by atoms with Gasteiger partial charge in [-0.25, -0.2) is 4.79 Å². The predicted molar refractivity (Wildman–Crippen MR) is 60.2 cm³/mol. The van der Waals surface area contributed by atoms with Crippen molar-refractivity contribution in [2.24, 2.45) is 0 Å². The van der Waals surface area contributed by atoms with E-state index in [-0.39, 0.29) is 19.0 Å². The van der Waals surface area contributed by atoms with Crippen LogP contribution in [0.25, 0.3) is 0 Å². The summed E-state index contributed by atoms with van der Waals surface area (Å²) in [6.45, 7) is 5.55. The Morgan fingerprint density at radius 2 is 1.94 bits per heavy atom. The lowest BCUT2D eigenvalue weighted by molar-refractivity contribution is -0.305.